The van der Waals surface area contributed by atoms with Gasteiger partial charge in [-0.25, -0.2) is 9.69 Å². The zero-order chi connectivity index (χ0) is 15.1. The first-order valence-corrected chi connectivity index (χ1v) is 7.03. The summed E-state index contributed by atoms with van der Waals surface area (Å²) in [5.41, 5.74) is 8.27. The van der Waals surface area contributed by atoms with Gasteiger partial charge in [-0.2, -0.15) is 0 Å². The van der Waals surface area contributed by atoms with Crippen molar-refractivity contribution in [1.82, 2.24) is 5.32 Å². The molecule has 0 aliphatic carbocycles. The maximum atomic E-state index is 12.3. The SMILES string of the molecule is CCCCNC(=O)N(C(=N)N)c1c(C)cccc1CC. The van der Waals surface area contributed by atoms with Crippen molar-refractivity contribution in [2.75, 3.05) is 11.4 Å². The molecule has 0 heterocycles. The molecule has 0 saturated carbocycles. The number of unbranched alkanes of at least 4 members (excludes halogenated alkanes) is 1. The number of anilines is 1. The molecular weight excluding hydrogens is 252 g/mol. The fourth-order valence-corrected chi connectivity index (χ4v) is 2.11. The third kappa shape index (κ3) is 3.73. The first kappa shape index (κ1) is 16.0. The predicted molar refractivity (Wildman–Crippen MR) is 83.3 cm³/mol. The average molecular weight is 276 g/mol. The summed E-state index contributed by atoms with van der Waals surface area (Å²) in [6.45, 7) is 6.59. The van der Waals surface area contributed by atoms with E-state index in [0.717, 1.165) is 36.1 Å². The van der Waals surface area contributed by atoms with E-state index >= 15 is 0 Å². The maximum absolute atomic E-state index is 12.3. The van der Waals surface area contributed by atoms with E-state index < -0.39 is 0 Å². The van der Waals surface area contributed by atoms with Gasteiger partial charge in [-0.1, -0.05) is 38.5 Å². The quantitative estimate of drug-likeness (QED) is 0.439. The highest BCUT2D eigenvalue weighted by molar-refractivity contribution is 6.14. The second kappa shape index (κ2) is 7.53. The third-order valence-corrected chi connectivity index (χ3v) is 3.18. The molecule has 1 aromatic carbocycles. The van der Waals surface area contributed by atoms with Gasteiger partial charge in [0.2, 0.25) is 5.96 Å². The highest BCUT2D eigenvalue weighted by Crippen LogP contribution is 2.25. The number of nitrogens with zero attached hydrogens (tertiary/aromatic N) is 1. The van der Waals surface area contributed by atoms with Gasteiger partial charge >= 0.3 is 6.03 Å². The Morgan fingerprint density at radius 2 is 2.10 bits per heavy atom. The van der Waals surface area contributed by atoms with Crippen molar-refractivity contribution in [1.29, 1.82) is 5.41 Å². The highest BCUT2D eigenvalue weighted by atomic mass is 16.2. The molecule has 0 unspecified atom stereocenters. The normalized spacial score (nSPS) is 10.2. The molecule has 0 aliphatic rings. The number of nitrogens with two attached hydrogens (primary N) is 1. The van der Waals surface area contributed by atoms with Crippen LogP contribution in [0.15, 0.2) is 18.2 Å². The fourth-order valence-electron chi connectivity index (χ4n) is 2.11. The zero-order valence-electron chi connectivity index (χ0n) is 12.5. The van der Waals surface area contributed by atoms with Crippen LogP contribution in [-0.4, -0.2) is 18.5 Å². The molecule has 0 fully saturated rings. The summed E-state index contributed by atoms with van der Waals surface area (Å²) in [7, 11) is 0. The molecule has 2 amide bonds. The van der Waals surface area contributed by atoms with Gasteiger partial charge in [-0.3, -0.25) is 5.41 Å². The van der Waals surface area contributed by atoms with Crippen LogP contribution in [0, 0.1) is 12.3 Å². The summed E-state index contributed by atoms with van der Waals surface area (Å²) in [5.74, 6) is -0.261. The number of amides is 2. The molecule has 0 bridgehead atoms. The molecule has 1 rings (SSSR count). The Morgan fingerprint density at radius 1 is 1.40 bits per heavy atom. The van der Waals surface area contributed by atoms with Crippen LogP contribution in [0.2, 0.25) is 0 Å². The number of nitrogens with one attached hydrogen (secondary N) is 2. The largest absolute Gasteiger partial charge is 0.369 e. The van der Waals surface area contributed by atoms with E-state index in [0.29, 0.717) is 6.54 Å². The Balaban J connectivity index is 3.08. The van der Waals surface area contributed by atoms with Gasteiger partial charge in [0.25, 0.3) is 0 Å². The van der Waals surface area contributed by atoms with Crippen LogP contribution < -0.4 is 16.0 Å². The predicted octanol–water partition coefficient (Wildman–Crippen LogP) is 2.77. The molecule has 0 atom stereocenters. The molecule has 0 spiro atoms. The van der Waals surface area contributed by atoms with Crippen LogP contribution in [0.25, 0.3) is 0 Å². The van der Waals surface area contributed by atoms with Crippen molar-refractivity contribution in [3.63, 3.8) is 0 Å². The van der Waals surface area contributed by atoms with Crippen LogP contribution in [0.5, 0.6) is 0 Å². The summed E-state index contributed by atoms with van der Waals surface area (Å²) >= 11 is 0. The topological polar surface area (TPSA) is 82.2 Å². The molecule has 5 nitrogen and oxygen atoms in total. The molecule has 0 radical (unpaired) electrons. The number of carbonyl (C=O) groups is 1. The van der Waals surface area contributed by atoms with Gasteiger partial charge in [0.15, 0.2) is 0 Å². The number of rotatable bonds is 5. The minimum Gasteiger partial charge on any atom is -0.369 e. The van der Waals surface area contributed by atoms with Crippen molar-refractivity contribution in [2.24, 2.45) is 5.73 Å². The van der Waals surface area contributed by atoms with E-state index in [1.807, 2.05) is 32.0 Å². The number of carbonyl (C=O) groups excluding carboxylic acids is 1. The monoisotopic (exact) mass is 276 g/mol. The van der Waals surface area contributed by atoms with Crippen LogP contribution in [0.4, 0.5) is 10.5 Å². The molecular formula is C15H24N4O. The molecule has 1 aromatic rings. The Bertz CT molecular complexity index is 485. The first-order chi connectivity index (χ1) is 9.52. The average Bonchev–Trinajstić information content (AvgIpc) is 2.40. The number of urea groups is 1. The lowest BCUT2D eigenvalue weighted by Crippen LogP contribution is -2.48. The smallest absolute Gasteiger partial charge is 0.328 e. The van der Waals surface area contributed by atoms with Gasteiger partial charge in [-0.05, 0) is 30.9 Å². The Labute approximate surface area is 120 Å². The standard InChI is InChI=1S/C15H24N4O/c1-4-6-10-18-15(20)19(14(16)17)13-11(3)8-7-9-12(13)5-2/h7-9H,4-6,10H2,1-3H3,(H3,16,17)(H,18,20). The second-order valence-electron chi connectivity index (χ2n) is 4.74. The lowest BCUT2D eigenvalue weighted by atomic mass is 10.0. The lowest BCUT2D eigenvalue weighted by Gasteiger charge is -2.25. The summed E-state index contributed by atoms with van der Waals surface area (Å²) in [6, 6.07) is 5.49. The first-order valence-electron chi connectivity index (χ1n) is 7.03. The minimum absolute atomic E-state index is 0.261. The van der Waals surface area contributed by atoms with Crippen molar-refractivity contribution in [2.45, 2.75) is 40.0 Å². The number of guanidine groups is 1. The Hall–Kier alpha value is -2.04. The van der Waals surface area contributed by atoms with Crippen LogP contribution in [0.3, 0.4) is 0 Å². The van der Waals surface area contributed by atoms with Crippen LogP contribution in [0.1, 0.15) is 37.8 Å². The van der Waals surface area contributed by atoms with Crippen molar-refractivity contribution in [3.05, 3.63) is 29.3 Å². The number of hydrogen-bond acceptors (Lipinski definition) is 2. The van der Waals surface area contributed by atoms with Gasteiger partial charge < -0.3 is 11.1 Å². The summed E-state index contributed by atoms with van der Waals surface area (Å²) < 4.78 is 0. The second-order valence-corrected chi connectivity index (χ2v) is 4.74. The fraction of sp³-hybridized carbons (Fsp3) is 0.467. The Kier molecular flexibility index (Phi) is 6.03. The van der Waals surface area contributed by atoms with E-state index in [1.165, 1.54) is 4.90 Å². The molecule has 110 valence electrons. The number of para-hydroxylation sites is 1. The van der Waals surface area contributed by atoms with Gasteiger partial charge in [-0.15, -0.1) is 0 Å². The van der Waals surface area contributed by atoms with Gasteiger partial charge in [0, 0.05) is 6.54 Å². The van der Waals surface area contributed by atoms with E-state index in [2.05, 4.69) is 12.2 Å². The van der Waals surface area contributed by atoms with E-state index in [9.17, 15) is 4.79 Å². The highest BCUT2D eigenvalue weighted by Gasteiger charge is 2.22. The third-order valence-electron chi connectivity index (χ3n) is 3.18. The lowest BCUT2D eigenvalue weighted by molar-refractivity contribution is 0.249. The molecule has 0 aliphatic heterocycles. The number of benzene rings is 1. The van der Waals surface area contributed by atoms with E-state index in [4.69, 9.17) is 11.1 Å². The van der Waals surface area contributed by atoms with Crippen molar-refractivity contribution < 1.29 is 4.79 Å². The molecule has 0 aromatic heterocycles. The van der Waals surface area contributed by atoms with E-state index in [-0.39, 0.29) is 12.0 Å². The van der Waals surface area contributed by atoms with Crippen molar-refractivity contribution in [3.8, 4) is 0 Å². The van der Waals surface area contributed by atoms with Gasteiger partial charge in [0.05, 0.1) is 5.69 Å². The van der Waals surface area contributed by atoms with E-state index in [1.54, 1.807) is 0 Å². The minimum atomic E-state index is -0.338. The van der Waals surface area contributed by atoms with Crippen LogP contribution >= 0.6 is 0 Å². The van der Waals surface area contributed by atoms with Crippen molar-refractivity contribution >= 4 is 17.7 Å². The molecule has 4 N–H and O–H groups in total. The zero-order valence-corrected chi connectivity index (χ0v) is 12.5. The Morgan fingerprint density at radius 3 is 2.65 bits per heavy atom. The molecule has 20 heavy (non-hydrogen) atoms. The van der Waals surface area contributed by atoms with Crippen LogP contribution in [-0.2, 0) is 6.42 Å². The van der Waals surface area contributed by atoms with Gasteiger partial charge in [0.1, 0.15) is 0 Å². The summed E-state index contributed by atoms with van der Waals surface area (Å²) in [4.78, 5) is 13.5. The molecule has 5 heteroatoms. The number of hydrogen-bond donors (Lipinski definition) is 3. The summed E-state index contributed by atoms with van der Waals surface area (Å²) in [5, 5.41) is 10.5. The maximum Gasteiger partial charge on any atom is 0.328 e. The number of aryl methyl sites for hydroxylation is 2. The summed E-state index contributed by atoms with van der Waals surface area (Å²) in [6.07, 6.45) is 2.69. The molecule has 0 saturated heterocycles.